The van der Waals surface area contributed by atoms with Crippen LogP contribution in [0.5, 0.6) is 0 Å². The van der Waals surface area contributed by atoms with E-state index in [1.54, 1.807) is 0 Å². The Morgan fingerprint density at radius 3 is 1.42 bits per heavy atom. The van der Waals surface area contributed by atoms with Crippen LogP contribution < -0.4 is 4.90 Å². The average molecular weight is 855 g/mol. The third-order valence-corrected chi connectivity index (χ3v) is 14.4. The standard InChI is InChI=1S/C65H46N2/c1-65(2)59-27-15-13-21-51(59)52-39-38-50(42-60(52)65)67-61-28-16-14-22-53(61)58-41-46(33-40-62(58)67)43-29-34-48(35-30-43)66(47-19-7-4-8-20-47)49-36-31-45(32-37-49)64-56-25-11-9-23-54(56)63(44-17-5-3-6-18-44)55-24-10-12-26-57(55)64/h3-42H,1-2H3. The van der Waals surface area contributed by atoms with Gasteiger partial charge < -0.3 is 9.47 Å². The molecule has 67 heavy (non-hydrogen) atoms. The first-order valence-corrected chi connectivity index (χ1v) is 23.3. The van der Waals surface area contributed by atoms with E-state index in [0.717, 1.165) is 17.1 Å². The molecule has 1 aliphatic rings. The third kappa shape index (κ3) is 6.18. The summed E-state index contributed by atoms with van der Waals surface area (Å²) in [5.41, 5.74) is 19.7. The van der Waals surface area contributed by atoms with Crippen molar-refractivity contribution in [3.05, 3.63) is 254 Å². The summed E-state index contributed by atoms with van der Waals surface area (Å²) in [5.74, 6) is 0. The lowest BCUT2D eigenvalue weighted by atomic mass is 9.82. The lowest BCUT2D eigenvalue weighted by molar-refractivity contribution is 0.660. The highest BCUT2D eigenvalue weighted by Crippen LogP contribution is 2.50. The predicted molar refractivity (Wildman–Crippen MR) is 284 cm³/mol. The molecular weight excluding hydrogens is 809 g/mol. The molecule has 1 aromatic heterocycles. The first kappa shape index (κ1) is 39.0. The first-order chi connectivity index (χ1) is 33.0. The van der Waals surface area contributed by atoms with Crippen LogP contribution in [0.15, 0.2) is 243 Å². The molecule has 0 unspecified atom stereocenters. The van der Waals surface area contributed by atoms with E-state index in [0.29, 0.717) is 0 Å². The molecule has 0 radical (unpaired) electrons. The van der Waals surface area contributed by atoms with Crippen LogP contribution in [0.1, 0.15) is 25.0 Å². The lowest BCUT2D eigenvalue weighted by Gasteiger charge is -2.26. The number of hydrogen-bond donors (Lipinski definition) is 0. The van der Waals surface area contributed by atoms with Crippen LogP contribution in [0.2, 0.25) is 0 Å². The van der Waals surface area contributed by atoms with E-state index in [1.165, 1.54) is 105 Å². The van der Waals surface area contributed by atoms with Crippen LogP contribution in [-0.4, -0.2) is 4.57 Å². The van der Waals surface area contributed by atoms with E-state index < -0.39 is 0 Å². The fraction of sp³-hybridized carbons (Fsp3) is 0.0462. The zero-order valence-corrected chi connectivity index (χ0v) is 37.5. The van der Waals surface area contributed by atoms with Gasteiger partial charge in [-0.2, -0.15) is 0 Å². The molecule has 1 aliphatic carbocycles. The van der Waals surface area contributed by atoms with E-state index in [2.05, 4.69) is 266 Å². The molecule has 0 aliphatic heterocycles. The minimum absolute atomic E-state index is 0.0693. The second-order valence-electron chi connectivity index (χ2n) is 18.5. The van der Waals surface area contributed by atoms with Gasteiger partial charge in [-0.15, -0.1) is 0 Å². The van der Waals surface area contributed by atoms with Gasteiger partial charge in [0.15, 0.2) is 0 Å². The largest absolute Gasteiger partial charge is 0.311 e. The molecule has 0 fully saturated rings. The number of benzene rings is 11. The monoisotopic (exact) mass is 854 g/mol. The van der Waals surface area contributed by atoms with Gasteiger partial charge in [0.25, 0.3) is 0 Å². The zero-order chi connectivity index (χ0) is 44.6. The van der Waals surface area contributed by atoms with Gasteiger partial charge >= 0.3 is 0 Å². The van der Waals surface area contributed by atoms with Crippen molar-refractivity contribution in [2.75, 3.05) is 4.90 Å². The summed E-state index contributed by atoms with van der Waals surface area (Å²) in [6.07, 6.45) is 0. The Bertz CT molecular complexity index is 3800. The predicted octanol–water partition coefficient (Wildman–Crippen LogP) is 17.9. The van der Waals surface area contributed by atoms with E-state index in [4.69, 9.17) is 0 Å². The Morgan fingerprint density at radius 2 is 0.776 bits per heavy atom. The SMILES string of the molecule is CC1(C)c2ccccc2-c2ccc(-n3c4ccccc4c4cc(-c5ccc(N(c6ccccc6)c6ccc(-c7c8ccccc8c(-c8ccccc8)c8ccccc78)cc6)cc5)ccc43)cc21. The molecule has 1 heterocycles. The molecule has 0 N–H and O–H groups in total. The van der Waals surface area contributed by atoms with Crippen LogP contribution >= 0.6 is 0 Å². The van der Waals surface area contributed by atoms with Gasteiger partial charge in [-0.1, -0.05) is 190 Å². The summed E-state index contributed by atoms with van der Waals surface area (Å²) in [7, 11) is 0. The summed E-state index contributed by atoms with van der Waals surface area (Å²) >= 11 is 0. The molecule has 0 amide bonds. The molecule has 12 aromatic rings. The van der Waals surface area contributed by atoms with Crippen LogP contribution in [-0.2, 0) is 5.41 Å². The molecule has 0 saturated heterocycles. The molecule has 2 nitrogen and oxygen atoms in total. The highest BCUT2D eigenvalue weighted by molar-refractivity contribution is 6.21. The van der Waals surface area contributed by atoms with Crippen molar-refractivity contribution in [1.82, 2.24) is 4.57 Å². The van der Waals surface area contributed by atoms with Crippen molar-refractivity contribution in [3.8, 4) is 50.2 Å². The second-order valence-corrected chi connectivity index (χ2v) is 18.5. The summed E-state index contributed by atoms with van der Waals surface area (Å²) in [6.45, 7) is 4.71. The topological polar surface area (TPSA) is 8.17 Å². The van der Waals surface area contributed by atoms with Crippen molar-refractivity contribution in [3.63, 3.8) is 0 Å². The fourth-order valence-electron chi connectivity index (χ4n) is 11.2. The summed E-state index contributed by atoms with van der Waals surface area (Å²) < 4.78 is 2.45. The molecule has 316 valence electrons. The fourth-order valence-corrected chi connectivity index (χ4v) is 11.2. The number of nitrogens with zero attached hydrogens (tertiary/aromatic N) is 2. The molecule has 0 atom stereocenters. The zero-order valence-electron chi connectivity index (χ0n) is 37.5. The number of anilines is 3. The highest BCUT2D eigenvalue weighted by atomic mass is 15.1. The molecule has 0 spiro atoms. The quantitative estimate of drug-likeness (QED) is 0.145. The van der Waals surface area contributed by atoms with E-state index >= 15 is 0 Å². The van der Waals surface area contributed by atoms with Gasteiger partial charge in [-0.25, -0.2) is 0 Å². The normalized spacial score (nSPS) is 12.7. The van der Waals surface area contributed by atoms with Crippen LogP contribution in [0.3, 0.4) is 0 Å². The number of fused-ring (bicyclic) bond motifs is 8. The summed E-state index contributed by atoms with van der Waals surface area (Å²) in [4.78, 5) is 2.36. The van der Waals surface area contributed by atoms with Gasteiger partial charge in [0, 0.05) is 38.9 Å². The Labute approximate surface area is 391 Å². The first-order valence-electron chi connectivity index (χ1n) is 23.3. The molecular formula is C65H46N2. The molecule has 2 heteroatoms. The molecule has 13 rings (SSSR count). The molecule has 0 bridgehead atoms. The maximum atomic E-state index is 2.45. The van der Waals surface area contributed by atoms with Gasteiger partial charge in [0.2, 0.25) is 0 Å². The van der Waals surface area contributed by atoms with E-state index in [9.17, 15) is 0 Å². The van der Waals surface area contributed by atoms with Crippen LogP contribution in [0.4, 0.5) is 17.1 Å². The van der Waals surface area contributed by atoms with Gasteiger partial charge in [0.05, 0.1) is 11.0 Å². The summed E-state index contributed by atoms with van der Waals surface area (Å²) in [5, 5.41) is 7.54. The van der Waals surface area contributed by atoms with Gasteiger partial charge in [-0.3, -0.25) is 0 Å². The van der Waals surface area contributed by atoms with Crippen molar-refractivity contribution in [2.24, 2.45) is 0 Å². The van der Waals surface area contributed by atoms with E-state index in [-0.39, 0.29) is 5.41 Å². The Balaban J connectivity index is 0.871. The van der Waals surface area contributed by atoms with Gasteiger partial charge in [0.1, 0.15) is 0 Å². The smallest absolute Gasteiger partial charge is 0.0541 e. The van der Waals surface area contributed by atoms with E-state index in [1.807, 2.05) is 0 Å². The molecule has 11 aromatic carbocycles. The van der Waals surface area contributed by atoms with Crippen LogP contribution in [0.25, 0.3) is 93.5 Å². The maximum absolute atomic E-state index is 2.45. The van der Waals surface area contributed by atoms with Crippen molar-refractivity contribution in [2.45, 2.75) is 19.3 Å². The number of aromatic nitrogens is 1. The van der Waals surface area contributed by atoms with Crippen molar-refractivity contribution < 1.29 is 0 Å². The highest BCUT2D eigenvalue weighted by Gasteiger charge is 2.35. The average Bonchev–Trinajstić information content (AvgIpc) is 3.84. The Morgan fingerprint density at radius 1 is 0.313 bits per heavy atom. The third-order valence-electron chi connectivity index (χ3n) is 14.4. The maximum Gasteiger partial charge on any atom is 0.0541 e. The van der Waals surface area contributed by atoms with Crippen LogP contribution in [0, 0.1) is 0 Å². The van der Waals surface area contributed by atoms with Gasteiger partial charge in [-0.05, 0) is 144 Å². The Kier molecular flexibility index (Phi) is 8.91. The van der Waals surface area contributed by atoms with Crippen molar-refractivity contribution in [1.29, 1.82) is 0 Å². The lowest BCUT2D eigenvalue weighted by Crippen LogP contribution is -2.15. The number of para-hydroxylation sites is 2. The van der Waals surface area contributed by atoms with Crippen molar-refractivity contribution >= 4 is 60.4 Å². The Hall–Kier alpha value is -8.46. The number of hydrogen-bond acceptors (Lipinski definition) is 1. The second kappa shape index (κ2) is 15.3. The minimum Gasteiger partial charge on any atom is -0.311 e. The minimum atomic E-state index is -0.0693. The molecule has 0 saturated carbocycles. The number of rotatable bonds is 7. The summed E-state index contributed by atoms with van der Waals surface area (Å²) in [6, 6.07) is 89.2.